The van der Waals surface area contributed by atoms with E-state index in [0.717, 1.165) is 5.57 Å². The van der Waals surface area contributed by atoms with Crippen LogP contribution in [0.3, 0.4) is 0 Å². The lowest BCUT2D eigenvalue weighted by Gasteiger charge is -2.01. The maximum Gasteiger partial charge on any atom is 0.0611 e. The molecule has 0 aliphatic carbocycles. The summed E-state index contributed by atoms with van der Waals surface area (Å²) in [6.45, 7) is 7.25. The van der Waals surface area contributed by atoms with Crippen LogP contribution in [0.1, 0.15) is 13.8 Å². The zero-order chi connectivity index (χ0) is 9.56. The van der Waals surface area contributed by atoms with Crippen molar-refractivity contribution >= 4 is 11.9 Å². The van der Waals surface area contributed by atoms with E-state index < -0.39 is 0 Å². The Morgan fingerprint density at radius 1 is 1.42 bits per heavy atom. The molecule has 0 aliphatic heterocycles. The van der Waals surface area contributed by atoms with E-state index in [2.05, 4.69) is 6.58 Å². The SMILES string of the molecule is C=C/C(C(=N)/C=C\C)=C(\C)C=N. The van der Waals surface area contributed by atoms with Crippen LogP contribution in [0.25, 0.3) is 0 Å². The van der Waals surface area contributed by atoms with Crippen LogP contribution >= 0.6 is 0 Å². The summed E-state index contributed by atoms with van der Waals surface area (Å²) in [6, 6.07) is 0. The first-order valence-corrected chi connectivity index (χ1v) is 3.72. The fourth-order valence-corrected chi connectivity index (χ4v) is 0.818. The van der Waals surface area contributed by atoms with Gasteiger partial charge in [-0.1, -0.05) is 18.7 Å². The van der Waals surface area contributed by atoms with Gasteiger partial charge in [-0.25, -0.2) is 0 Å². The molecule has 0 amide bonds. The molecule has 0 aromatic heterocycles. The molecule has 0 radical (unpaired) electrons. The van der Waals surface area contributed by atoms with Gasteiger partial charge in [0, 0.05) is 11.8 Å². The third-order valence-electron chi connectivity index (χ3n) is 1.47. The van der Waals surface area contributed by atoms with E-state index in [0.29, 0.717) is 11.3 Å². The summed E-state index contributed by atoms with van der Waals surface area (Å²) < 4.78 is 0. The Morgan fingerprint density at radius 3 is 2.33 bits per heavy atom. The number of rotatable bonds is 4. The lowest BCUT2D eigenvalue weighted by molar-refractivity contribution is 1.44. The van der Waals surface area contributed by atoms with Gasteiger partial charge in [0.2, 0.25) is 0 Å². The van der Waals surface area contributed by atoms with Crippen molar-refractivity contribution in [1.82, 2.24) is 0 Å². The lowest BCUT2D eigenvalue weighted by Crippen LogP contribution is -1.98. The molecule has 0 aliphatic rings. The minimum Gasteiger partial charge on any atom is -0.308 e. The van der Waals surface area contributed by atoms with Gasteiger partial charge in [-0.3, -0.25) is 0 Å². The molecule has 12 heavy (non-hydrogen) atoms. The summed E-state index contributed by atoms with van der Waals surface area (Å²) in [5, 5.41) is 14.6. The molecular weight excluding hydrogens is 148 g/mol. The van der Waals surface area contributed by atoms with Crippen molar-refractivity contribution in [1.29, 1.82) is 10.8 Å². The molecule has 2 heteroatoms. The molecule has 0 atom stereocenters. The van der Waals surface area contributed by atoms with Crippen molar-refractivity contribution in [3.05, 3.63) is 36.0 Å². The van der Waals surface area contributed by atoms with Crippen LogP contribution in [0.15, 0.2) is 36.0 Å². The molecule has 0 fully saturated rings. The van der Waals surface area contributed by atoms with Crippen LogP contribution in [-0.2, 0) is 0 Å². The smallest absolute Gasteiger partial charge is 0.0611 e. The second kappa shape index (κ2) is 5.24. The van der Waals surface area contributed by atoms with Crippen LogP contribution in [0.4, 0.5) is 0 Å². The van der Waals surface area contributed by atoms with Crippen molar-refractivity contribution in [2.75, 3.05) is 0 Å². The molecular formula is C10H14N2. The fraction of sp³-hybridized carbons (Fsp3) is 0.200. The normalized spacial score (nSPS) is 12.5. The van der Waals surface area contributed by atoms with Crippen molar-refractivity contribution in [3.8, 4) is 0 Å². The van der Waals surface area contributed by atoms with Gasteiger partial charge in [0.1, 0.15) is 0 Å². The number of hydrogen-bond donors (Lipinski definition) is 2. The maximum atomic E-state index is 7.56. The molecule has 0 aromatic rings. The van der Waals surface area contributed by atoms with E-state index in [1.807, 2.05) is 6.92 Å². The molecule has 0 rings (SSSR count). The van der Waals surface area contributed by atoms with Crippen LogP contribution in [0.2, 0.25) is 0 Å². The second-order valence-corrected chi connectivity index (χ2v) is 2.36. The second-order valence-electron chi connectivity index (χ2n) is 2.36. The van der Waals surface area contributed by atoms with Crippen LogP contribution in [0, 0.1) is 10.8 Å². The van der Waals surface area contributed by atoms with E-state index in [1.54, 1.807) is 25.2 Å². The van der Waals surface area contributed by atoms with E-state index >= 15 is 0 Å². The largest absolute Gasteiger partial charge is 0.308 e. The lowest BCUT2D eigenvalue weighted by atomic mass is 10.1. The Labute approximate surface area is 73.3 Å². The Balaban J connectivity index is 4.91. The minimum atomic E-state index is 0.397. The fourth-order valence-electron chi connectivity index (χ4n) is 0.818. The van der Waals surface area contributed by atoms with Gasteiger partial charge in [-0.05, 0) is 25.5 Å². The van der Waals surface area contributed by atoms with E-state index in [9.17, 15) is 0 Å². The molecule has 0 unspecified atom stereocenters. The predicted octanol–water partition coefficient (Wildman–Crippen LogP) is 2.73. The number of hydrogen-bond acceptors (Lipinski definition) is 2. The Hall–Kier alpha value is -1.44. The Morgan fingerprint density at radius 2 is 2.00 bits per heavy atom. The highest BCUT2D eigenvalue weighted by Gasteiger charge is 1.99. The molecule has 64 valence electrons. The van der Waals surface area contributed by atoms with Crippen molar-refractivity contribution in [3.63, 3.8) is 0 Å². The zero-order valence-corrected chi connectivity index (χ0v) is 7.52. The van der Waals surface area contributed by atoms with Gasteiger partial charge in [-0.15, -0.1) is 0 Å². The quantitative estimate of drug-likeness (QED) is 0.471. The standard InChI is InChI=1S/C10H14N2/c1-4-6-10(12)9(5-2)8(3)7-11/h4-7,11-12H,2H2,1,3H3/b6-4-,9-8-,11-7?,12-10?. The molecule has 0 spiro atoms. The first-order valence-electron chi connectivity index (χ1n) is 3.72. The summed E-state index contributed by atoms with van der Waals surface area (Å²) in [5.74, 6) is 0. The third-order valence-corrected chi connectivity index (χ3v) is 1.47. The molecule has 2 N–H and O–H groups in total. The third kappa shape index (κ3) is 2.66. The number of allylic oxidation sites excluding steroid dienone is 5. The molecule has 0 bridgehead atoms. The van der Waals surface area contributed by atoms with Gasteiger partial charge in [0.05, 0.1) is 5.71 Å². The Bertz CT molecular complexity index is 257. The van der Waals surface area contributed by atoms with Gasteiger partial charge < -0.3 is 10.8 Å². The van der Waals surface area contributed by atoms with Crippen LogP contribution < -0.4 is 0 Å². The summed E-state index contributed by atoms with van der Waals surface area (Å²) in [4.78, 5) is 0. The van der Waals surface area contributed by atoms with Crippen LogP contribution in [0.5, 0.6) is 0 Å². The van der Waals surface area contributed by atoms with Gasteiger partial charge in [-0.2, -0.15) is 0 Å². The molecule has 2 nitrogen and oxygen atoms in total. The summed E-state index contributed by atoms with van der Waals surface area (Å²) in [6.07, 6.45) is 6.31. The Kier molecular flexibility index (Phi) is 4.61. The van der Waals surface area contributed by atoms with E-state index in [-0.39, 0.29) is 0 Å². The van der Waals surface area contributed by atoms with Gasteiger partial charge >= 0.3 is 0 Å². The molecule has 0 saturated carbocycles. The average Bonchev–Trinajstić information content (AvgIpc) is 2.06. The molecule has 0 aromatic carbocycles. The van der Waals surface area contributed by atoms with Crippen molar-refractivity contribution < 1.29 is 0 Å². The highest BCUT2D eigenvalue weighted by atomic mass is 14.4. The monoisotopic (exact) mass is 162 g/mol. The zero-order valence-electron chi connectivity index (χ0n) is 7.52. The number of nitrogens with one attached hydrogen (secondary N) is 2. The van der Waals surface area contributed by atoms with E-state index in [1.165, 1.54) is 6.21 Å². The molecule has 0 heterocycles. The highest BCUT2D eigenvalue weighted by molar-refractivity contribution is 6.11. The predicted molar refractivity (Wildman–Crippen MR) is 54.2 cm³/mol. The minimum absolute atomic E-state index is 0.397. The first-order chi connectivity index (χ1) is 5.67. The van der Waals surface area contributed by atoms with E-state index in [4.69, 9.17) is 10.8 Å². The van der Waals surface area contributed by atoms with Crippen molar-refractivity contribution in [2.24, 2.45) is 0 Å². The van der Waals surface area contributed by atoms with Gasteiger partial charge in [0.15, 0.2) is 0 Å². The molecule has 0 saturated heterocycles. The summed E-state index contributed by atoms with van der Waals surface area (Å²) in [7, 11) is 0. The summed E-state index contributed by atoms with van der Waals surface area (Å²) in [5.41, 5.74) is 1.87. The highest BCUT2D eigenvalue weighted by Crippen LogP contribution is 2.05. The maximum absolute atomic E-state index is 7.56. The van der Waals surface area contributed by atoms with Gasteiger partial charge in [0.25, 0.3) is 0 Å². The van der Waals surface area contributed by atoms with Crippen molar-refractivity contribution in [2.45, 2.75) is 13.8 Å². The van der Waals surface area contributed by atoms with Crippen LogP contribution in [-0.4, -0.2) is 11.9 Å². The average molecular weight is 162 g/mol. The summed E-state index contributed by atoms with van der Waals surface area (Å²) >= 11 is 0. The topological polar surface area (TPSA) is 47.7 Å². The first kappa shape index (κ1) is 10.6.